The average Bonchev–Trinajstić information content (AvgIpc) is 2.65. The normalized spacial score (nSPS) is 20.0. The fraction of sp³-hybridized carbons (Fsp3) is 0.571. The molecule has 1 aromatic rings. The minimum Gasteiger partial charge on any atom is -0.396 e. The highest BCUT2D eigenvalue weighted by molar-refractivity contribution is 6.33. The Labute approximate surface area is 108 Å². The number of aliphatic hydroxyl groups is 1. The van der Waals surface area contributed by atoms with Crippen molar-refractivity contribution in [1.82, 2.24) is 0 Å². The summed E-state index contributed by atoms with van der Waals surface area (Å²) >= 11 is 6.35. The van der Waals surface area contributed by atoms with Crippen LogP contribution in [0, 0.1) is 19.8 Å². The highest BCUT2D eigenvalue weighted by Crippen LogP contribution is 2.34. The Morgan fingerprint density at radius 1 is 1.41 bits per heavy atom. The fourth-order valence-corrected chi connectivity index (χ4v) is 3.20. The van der Waals surface area contributed by atoms with Crippen molar-refractivity contribution in [1.29, 1.82) is 0 Å². The molecule has 2 nitrogen and oxygen atoms in total. The topological polar surface area (TPSA) is 23.5 Å². The van der Waals surface area contributed by atoms with Crippen molar-refractivity contribution in [3.05, 3.63) is 28.3 Å². The summed E-state index contributed by atoms with van der Waals surface area (Å²) < 4.78 is 0. The zero-order valence-electron chi connectivity index (χ0n) is 10.5. The zero-order valence-corrected chi connectivity index (χ0v) is 11.3. The van der Waals surface area contributed by atoms with E-state index in [4.69, 9.17) is 16.7 Å². The fourth-order valence-electron chi connectivity index (χ4n) is 2.76. The van der Waals surface area contributed by atoms with Gasteiger partial charge in [0.1, 0.15) is 0 Å². The smallest absolute Gasteiger partial charge is 0.0644 e. The predicted molar refractivity (Wildman–Crippen MR) is 72.9 cm³/mol. The van der Waals surface area contributed by atoms with Crippen LogP contribution in [0.5, 0.6) is 0 Å². The van der Waals surface area contributed by atoms with Gasteiger partial charge in [0.15, 0.2) is 0 Å². The van der Waals surface area contributed by atoms with E-state index in [-0.39, 0.29) is 0 Å². The lowest BCUT2D eigenvalue weighted by molar-refractivity contribution is 0.263. The molecule has 0 saturated carbocycles. The second kappa shape index (κ2) is 5.28. The van der Waals surface area contributed by atoms with E-state index in [1.165, 1.54) is 16.8 Å². The standard InChI is InChI=1S/C14H20ClNO/c1-10-7-11(2)14(13(15)8-10)16-5-3-12(9-16)4-6-17/h7-8,12,17H,3-6,9H2,1-2H3. The molecule has 1 aliphatic heterocycles. The quantitative estimate of drug-likeness (QED) is 0.895. The van der Waals surface area contributed by atoms with Gasteiger partial charge in [0, 0.05) is 19.7 Å². The summed E-state index contributed by atoms with van der Waals surface area (Å²) in [4.78, 5) is 2.36. The number of aryl methyl sites for hydroxylation is 2. The molecule has 94 valence electrons. The summed E-state index contributed by atoms with van der Waals surface area (Å²) in [7, 11) is 0. The molecule has 0 aromatic heterocycles. The Morgan fingerprint density at radius 2 is 2.18 bits per heavy atom. The number of aliphatic hydroxyl groups excluding tert-OH is 1. The molecule has 0 aliphatic carbocycles. The van der Waals surface area contributed by atoms with Crippen molar-refractivity contribution in [2.75, 3.05) is 24.6 Å². The van der Waals surface area contributed by atoms with Crippen molar-refractivity contribution in [2.45, 2.75) is 26.7 Å². The molecule has 1 heterocycles. The molecular formula is C14H20ClNO. The third kappa shape index (κ3) is 2.75. The Bertz CT molecular complexity index is 382. The third-order valence-corrected chi connectivity index (χ3v) is 3.83. The van der Waals surface area contributed by atoms with Gasteiger partial charge in [-0.05, 0) is 49.8 Å². The second-order valence-corrected chi connectivity index (χ2v) is 5.43. The summed E-state index contributed by atoms with van der Waals surface area (Å²) in [6.07, 6.45) is 2.06. The van der Waals surface area contributed by atoms with Gasteiger partial charge in [-0.25, -0.2) is 0 Å². The average molecular weight is 254 g/mol. The molecule has 17 heavy (non-hydrogen) atoms. The van der Waals surface area contributed by atoms with Crippen molar-refractivity contribution < 1.29 is 5.11 Å². The molecule has 0 amide bonds. The van der Waals surface area contributed by atoms with E-state index < -0.39 is 0 Å². The van der Waals surface area contributed by atoms with E-state index in [2.05, 4.69) is 24.8 Å². The number of halogens is 1. The van der Waals surface area contributed by atoms with Gasteiger partial charge in [-0.3, -0.25) is 0 Å². The molecule has 1 saturated heterocycles. The third-order valence-electron chi connectivity index (χ3n) is 3.54. The van der Waals surface area contributed by atoms with Gasteiger partial charge < -0.3 is 10.0 Å². The summed E-state index contributed by atoms with van der Waals surface area (Å²) in [5.74, 6) is 0.608. The monoisotopic (exact) mass is 253 g/mol. The lowest BCUT2D eigenvalue weighted by Crippen LogP contribution is -2.21. The highest BCUT2D eigenvalue weighted by Gasteiger charge is 2.24. The maximum atomic E-state index is 8.98. The number of anilines is 1. The first-order valence-electron chi connectivity index (χ1n) is 6.24. The first-order chi connectivity index (χ1) is 8.11. The SMILES string of the molecule is Cc1cc(C)c(N2CCC(CCO)C2)c(Cl)c1. The van der Waals surface area contributed by atoms with E-state index in [0.29, 0.717) is 12.5 Å². The second-order valence-electron chi connectivity index (χ2n) is 5.03. The largest absolute Gasteiger partial charge is 0.396 e. The first-order valence-corrected chi connectivity index (χ1v) is 6.62. The minimum absolute atomic E-state index is 0.291. The maximum Gasteiger partial charge on any atom is 0.0644 e. The van der Waals surface area contributed by atoms with Crippen LogP contribution >= 0.6 is 11.6 Å². The van der Waals surface area contributed by atoms with Gasteiger partial charge in [-0.1, -0.05) is 17.7 Å². The van der Waals surface area contributed by atoms with Gasteiger partial charge in [-0.2, -0.15) is 0 Å². The molecule has 1 N–H and O–H groups in total. The molecule has 2 rings (SSSR count). The van der Waals surface area contributed by atoms with Crippen LogP contribution in [0.4, 0.5) is 5.69 Å². The Hall–Kier alpha value is -0.730. The van der Waals surface area contributed by atoms with E-state index in [0.717, 1.165) is 31.0 Å². The molecule has 1 atom stereocenters. The lowest BCUT2D eigenvalue weighted by atomic mass is 10.1. The number of rotatable bonds is 3. The first kappa shape index (κ1) is 12.7. The Morgan fingerprint density at radius 3 is 2.82 bits per heavy atom. The molecule has 1 aliphatic rings. The van der Waals surface area contributed by atoms with E-state index in [1.807, 2.05) is 6.07 Å². The summed E-state index contributed by atoms with van der Waals surface area (Å²) in [5.41, 5.74) is 3.64. The van der Waals surface area contributed by atoms with Gasteiger partial charge in [0.25, 0.3) is 0 Å². The number of benzene rings is 1. The van der Waals surface area contributed by atoms with Crippen molar-refractivity contribution >= 4 is 17.3 Å². The van der Waals surface area contributed by atoms with Crippen LogP contribution in [-0.4, -0.2) is 24.8 Å². The Balaban J connectivity index is 2.19. The highest BCUT2D eigenvalue weighted by atomic mass is 35.5. The van der Waals surface area contributed by atoms with Gasteiger partial charge >= 0.3 is 0 Å². The van der Waals surface area contributed by atoms with Crippen LogP contribution in [0.2, 0.25) is 5.02 Å². The molecule has 1 unspecified atom stereocenters. The van der Waals surface area contributed by atoms with Crippen LogP contribution in [-0.2, 0) is 0 Å². The van der Waals surface area contributed by atoms with Gasteiger partial charge in [0.2, 0.25) is 0 Å². The van der Waals surface area contributed by atoms with Crippen LogP contribution in [0.3, 0.4) is 0 Å². The molecule has 0 bridgehead atoms. The molecule has 1 aromatic carbocycles. The predicted octanol–water partition coefficient (Wildman–Crippen LogP) is 3.17. The number of hydrogen-bond acceptors (Lipinski definition) is 2. The van der Waals surface area contributed by atoms with Crippen molar-refractivity contribution in [3.8, 4) is 0 Å². The Kier molecular flexibility index (Phi) is 3.95. The number of hydrogen-bond donors (Lipinski definition) is 1. The minimum atomic E-state index is 0.291. The van der Waals surface area contributed by atoms with Crippen LogP contribution in [0.25, 0.3) is 0 Å². The maximum absolute atomic E-state index is 8.98. The van der Waals surface area contributed by atoms with Gasteiger partial charge in [0.05, 0.1) is 10.7 Å². The van der Waals surface area contributed by atoms with E-state index in [9.17, 15) is 0 Å². The lowest BCUT2D eigenvalue weighted by Gasteiger charge is -2.23. The molecule has 0 radical (unpaired) electrons. The molecule has 0 spiro atoms. The number of nitrogens with zero attached hydrogens (tertiary/aromatic N) is 1. The molecule has 3 heteroatoms. The van der Waals surface area contributed by atoms with Crippen LogP contribution < -0.4 is 4.90 Å². The van der Waals surface area contributed by atoms with E-state index in [1.54, 1.807) is 0 Å². The van der Waals surface area contributed by atoms with Crippen molar-refractivity contribution in [2.24, 2.45) is 5.92 Å². The molecular weight excluding hydrogens is 234 g/mol. The zero-order chi connectivity index (χ0) is 12.4. The van der Waals surface area contributed by atoms with Crippen molar-refractivity contribution in [3.63, 3.8) is 0 Å². The summed E-state index contributed by atoms with van der Waals surface area (Å²) in [5, 5.41) is 9.84. The summed E-state index contributed by atoms with van der Waals surface area (Å²) in [6, 6.07) is 4.21. The van der Waals surface area contributed by atoms with Gasteiger partial charge in [-0.15, -0.1) is 0 Å². The molecule has 1 fully saturated rings. The van der Waals surface area contributed by atoms with Crippen LogP contribution in [0.15, 0.2) is 12.1 Å². The van der Waals surface area contributed by atoms with Crippen LogP contribution in [0.1, 0.15) is 24.0 Å². The van der Waals surface area contributed by atoms with E-state index >= 15 is 0 Å². The summed E-state index contributed by atoms with van der Waals surface area (Å²) in [6.45, 7) is 6.55.